The second-order valence-electron chi connectivity index (χ2n) is 10.1. The number of hydrogen-bond acceptors (Lipinski definition) is 5. The normalized spacial score (nSPS) is 15.3. The molecule has 0 aliphatic carbocycles. The van der Waals surface area contributed by atoms with Crippen LogP contribution in [0.15, 0.2) is 12.2 Å². The molecule has 0 aliphatic heterocycles. The summed E-state index contributed by atoms with van der Waals surface area (Å²) >= 11 is 0. The molecule has 0 fully saturated rings. The standard InChI is InChI=1S/C29H57NO5/c1-3-5-7-9-11-13-15-17-19-21-23-27(33)29(35)30-25(24-31)28(34)26(32)22-20-18-16-14-12-10-8-6-4-2/h9,11,25-28,31-34H,3-8,10,12-24H2,1-2H3,(H,30,35)/b11-9-. The van der Waals surface area contributed by atoms with Crippen molar-refractivity contribution in [1.82, 2.24) is 5.32 Å². The Morgan fingerprint density at radius 1 is 0.686 bits per heavy atom. The van der Waals surface area contributed by atoms with Crippen LogP contribution < -0.4 is 5.32 Å². The minimum atomic E-state index is -1.25. The van der Waals surface area contributed by atoms with Gasteiger partial charge in [0.1, 0.15) is 12.2 Å². The molecule has 0 bridgehead atoms. The van der Waals surface area contributed by atoms with Gasteiger partial charge in [0, 0.05) is 0 Å². The number of unbranched alkanes of at least 4 members (excludes halogenated alkanes) is 14. The van der Waals surface area contributed by atoms with Crippen LogP contribution in [0, 0.1) is 0 Å². The average Bonchev–Trinajstić information content (AvgIpc) is 2.86. The van der Waals surface area contributed by atoms with Crippen LogP contribution in [0.25, 0.3) is 0 Å². The summed E-state index contributed by atoms with van der Waals surface area (Å²) < 4.78 is 0. The van der Waals surface area contributed by atoms with Gasteiger partial charge in [0.25, 0.3) is 0 Å². The van der Waals surface area contributed by atoms with Crippen LogP contribution in [0.2, 0.25) is 0 Å². The lowest BCUT2D eigenvalue weighted by Gasteiger charge is -2.27. The Hall–Kier alpha value is -0.950. The summed E-state index contributed by atoms with van der Waals surface area (Å²) in [6, 6.07) is -0.981. The quantitative estimate of drug-likeness (QED) is 0.0835. The Bertz CT molecular complexity index is 499. The molecule has 0 aliphatic rings. The van der Waals surface area contributed by atoms with E-state index in [2.05, 4.69) is 31.3 Å². The fourth-order valence-electron chi connectivity index (χ4n) is 4.26. The largest absolute Gasteiger partial charge is 0.394 e. The number of aliphatic hydroxyl groups is 4. The van der Waals surface area contributed by atoms with Crippen LogP contribution in [0.5, 0.6) is 0 Å². The van der Waals surface area contributed by atoms with Gasteiger partial charge in [-0.2, -0.15) is 0 Å². The van der Waals surface area contributed by atoms with E-state index in [1.807, 2.05) is 0 Å². The van der Waals surface area contributed by atoms with Crippen molar-refractivity contribution in [2.45, 2.75) is 160 Å². The van der Waals surface area contributed by atoms with Crippen LogP contribution in [-0.4, -0.2) is 57.3 Å². The molecule has 0 saturated heterocycles. The van der Waals surface area contributed by atoms with Gasteiger partial charge in [0.05, 0.1) is 18.8 Å². The highest BCUT2D eigenvalue weighted by atomic mass is 16.3. The molecule has 6 nitrogen and oxygen atoms in total. The molecular weight excluding hydrogens is 442 g/mol. The number of carbonyl (C=O) groups excluding carboxylic acids is 1. The second kappa shape index (κ2) is 24.7. The van der Waals surface area contributed by atoms with Crippen LogP contribution in [0.3, 0.4) is 0 Å². The van der Waals surface area contributed by atoms with Crippen LogP contribution in [0.1, 0.15) is 136 Å². The van der Waals surface area contributed by atoms with Gasteiger partial charge in [-0.15, -0.1) is 0 Å². The summed E-state index contributed by atoms with van der Waals surface area (Å²) in [6.45, 7) is 3.92. The Morgan fingerprint density at radius 2 is 1.17 bits per heavy atom. The van der Waals surface area contributed by atoms with Crippen molar-refractivity contribution in [2.24, 2.45) is 0 Å². The highest BCUT2D eigenvalue weighted by Crippen LogP contribution is 2.14. The Labute approximate surface area is 215 Å². The molecule has 0 aromatic heterocycles. The lowest BCUT2D eigenvalue weighted by Crippen LogP contribution is -2.53. The van der Waals surface area contributed by atoms with E-state index in [0.29, 0.717) is 12.8 Å². The minimum Gasteiger partial charge on any atom is -0.394 e. The van der Waals surface area contributed by atoms with Crippen molar-refractivity contribution in [1.29, 1.82) is 0 Å². The first-order valence-electron chi connectivity index (χ1n) is 14.6. The number of carbonyl (C=O) groups is 1. The van der Waals surface area contributed by atoms with Gasteiger partial charge < -0.3 is 25.7 Å². The van der Waals surface area contributed by atoms with E-state index in [-0.39, 0.29) is 0 Å². The molecule has 4 atom stereocenters. The fraction of sp³-hybridized carbons (Fsp3) is 0.897. The highest BCUT2D eigenvalue weighted by molar-refractivity contribution is 5.80. The van der Waals surface area contributed by atoms with Gasteiger partial charge in [-0.05, 0) is 32.1 Å². The first kappa shape index (κ1) is 34.0. The Kier molecular flexibility index (Phi) is 24.1. The van der Waals surface area contributed by atoms with Gasteiger partial charge in [0.15, 0.2) is 0 Å². The van der Waals surface area contributed by atoms with Gasteiger partial charge >= 0.3 is 0 Å². The van der Waals surface area contributed by atoms with Gasteiger partial charge in [-0.25, -0.2) is 0 Å². The van der Waals surface area contributed by atoms with E-state index in [9.17, 15) is 25.2 Å². The number of amides is 1. The molecular formula is C29H57NO5. The maximum atomic E-state index is 12.3. The van der Waals surface area contributed by atoms with E-state index in [0.717, 1.165) is 57.8 Å². The van der Waals surface area contributed by atoms with Gasteiger partial charge in [0.2, 0.25) is 5.91 Å². The van der Waals surface area contributed by atoms with Crippen molar-refractivity contribution >= 4 is 5.91 Å². The van der Waals surface area contributed by atoms with E-state index >= 15 is 0 Å². The maximum absolute atomic E-state index is 12.3. The molecule has 4 unspecified atom stereocenters. The predicted octanol–water partition coefficient (Wildman–Crippen LogP) is 5.55. The summed E-state index contributed by atoms with van der Waals surface area (Å²) in [7, 11) is 0. The zero-order valence-electron chi connectivity index (χ0n) is 22.8. The zero-order chi connectivity index (χ0) is 26.2. The Balaban J connectivity index is 3.97. The third kappa shape index (κ3) is 19.9. The van der Waals surface area contributed by atoms with Gasteiger partial charge in [-0.3, -0.25) is 4.79 Å². The summed E-state index contributed by atoms with van der Waals surface area (Å²) in [4.78, 5) is 12.3. The first-order valence-corrected chi connectivity index (χ1v) is 14.6. The summed E-state index contributed by atoms with van der Waals surface area (Å²) in [5.41, 5.74) is 0. The van der Waals surface area contributed by atoms with Crippen molar-refractivity contribution in [3.8, 4) is 0 Å². The molecule has 35 heavy (non-hydrogen) atoms. The first-order chi connectivity index (χ1) is 17.0. The van der Waals surface area contributed by atoms with Gasteiger partial charge in [-0.1, -0.05) is 116 Å². The van der Waals surface area contributed by atoms with E-state index in [1.165, 1.54) is 51.4 Å². The summed E-state index contributed by atoms with van der Waals surface area (Å²) in [6.07, 6.45) is 20.9. The predicted molar refractivity (Wildman–Crippen MR) is 145 cm³/mol. The molecule has 0 heterocycles. The van der Waals surface area contributed by atoms with E-state index in [4.69, 9.17) is 0 Å². The number of rotatable bonds is 25. The van der Waals surface area contributed by atoms with E-state index in [1.54, 1.807) is 0 Å². The number of hydrogen-bond donors (Lipinski definition) is 5. The molecule has 6 heteroatoms. The monoisotopic (exact) mass is 499 g/mol. The lowest BCUT2D eigenvalue weighted by molar-refractivity contribution is -0.132. The molecule has 0 aromatic rings. The topological polar surface area (TPSA) is 110 Å². The third-order valence-corrected chi connectivity index (χ3v) is 6.73. The zero-order valence-corrected chi connectivity index (χ0v) is 22.8. The van der Waals surface area contributed by atoms with E-state index < -0.39 is 36.9 Å². The SMILES string of the molecule is CCCC/C=C\CCCCCCC(O)C(=O)NC(CO)C(O)C(O)CCCCCCCCCCC. The fourth-order valence-corrected chi connectivity index (χ4v) is 4.26. The molecule has 0 aromatic carbocycles. The molecule has 0 saturated carbocycles. The van der Waals surface area contributed by atoms with Crippen molar-refractivity contribution < 1.29 is 25.2 Å². The van der Waals surface area contributed by atoms with Crippen LogP contribution in [0.4, 0.5) is 0 Å². The summed E-state index contributed by atoms with van der Waals surface area (Å²) in [5, 5.41) is 42.9. The van der Waals surface area contributed by atoms with Crippen molar-refractivity contribution in [3.05, 3.63) is 12.2 Å². The molecule has 0 radical (unpaired) electrons. The second-order valence-corrected chi connectivity index (χ2v) is 10.1. The third-order valence-electron chi connectivity index (χ3n) is 6.73. The lowest BCUT2D eigenvalue weighted by atomic mass is 9.99. The highest BCUT2D eigenvalue weighted by Gasteiger charge is 2.28. The minimum absolute atomic E-state index is 0.355. The summed E-state index contributed by atoms with van der Waals surface area (Å²) in [5.74, 6) is -0.600. The molecule has 5 N–H and O–H groups in total. The number of aliphatic hydroxyl groups excluding tert-OH is 4. The number of allylic oxidation sites excluding steroid dienone is 2. The molecule has 1 amide bonds. The van der Waals surface area contributed by atoms with Crippen molar-refractivity contribution in [3.63, 3.8) is 0 Å². The average molecular weight is 500 g/mol. The van der Waals surface area contributed by atoms with Crippen LogP contribution in [-0.2, 0) is 4.79 Å². The number of nitrogens with one attached hydrogen (secondary N) is 1. The van der Waals surface area contributed by atoms with Crippen LogP contribution >= 0.6 is 0 Å². The maximum Gasteiger partial charge on any atom is 0.249 e. The molecule has 0 spiro atoms. The van der Waals surface area contributed by atoms with Crippen molar-refractivity contribution in [2.75, 3.05) is 6.61 Å². The Morgan fingerprint density at radius 3 is 1.74 bits per heavy atom. The molecule has 208 valence electrons. The molecule has 0 rings (SSSR count). The smallest absolute Gasteiger partial charge is 0.249 e.